The van der Waals surface area contributed by atoms with Crippen LogP contribution in [0.4, 0.5) is 0 Å². The van der Waals surface area contributed by atoms with E-state index < -0.39 is 5.91 Å². The average Bonchev–Trinajstić information content (AvgIpc) is 3.39. The van der Waals surface area contributed by atoms with Gasteiger partial charge in [0.25, 0.3) is 5.91 Å². The van der Waals surface area contributed by atoms with Crippen LogP contribution in [0.1, 0.15) is 16.9 Å². The van der Waals surface area contributed by atoms with E-state index >= 15 is 0 Å². The smallest absolute Gasteiger partial charge is 0.283 e. The number of aryl methyl sites for hydroxylation is 1. The van der Waals surface area contributed by atoms with Crippen molar-refractivity contribution in [3.05, 3.63) is 88.1 Å². The van der Waals surface area contributed by atoms with E-state index in [1.54, 1.807) is 18.2 Å². The molecule has 2 aromatic carbocycles. The fourth-order valence-corrected chi connectivity index (χ4v) is 4.50. The van der Waals surface area contributed by atoms with Gasteiger partial charge in [0.05, 0.1) is 10.6 Å². The van der Waals surface area contributed by atoms with Crippen LogP contribution in [-0.2, 0) is 4.79 Å². The summed E-state index contributed by atoms with van der Waals surface area (Å²) in [5.41, 5.74) is 2.87. The molecule has 0 bridgehead atoms. The van der Waals surface area contributed by atoms with E-state index in [-0.39, 0.29) is 11.4 Å². The number of hydrazone groups is 1. The third-order valence-electron chi connectivity index (χ3n) is 4.88. The third kappa shape index (κ3) is 3.52. The van der Waals surface area contributed by atoms with Crippen molar-refractivity contribution in [1.29, 1.82) is 5.41 Å². The molecule has 0 saturated heterocycles. The Morgan fingerprint density at radius 1 is 1.06 bits per heavy atom. The van der Waals surface area contributed by atoms with Crippen molar-refractivity contribution in [2.45, 2.75) is 6.92 Å². The summed E-state index contributed by atoms with van der Waals surface area (Å²) in [5, 5.41) is 16.1. The molecular formula is C23H15ClN4O2S. The highest BCUT2D eigenvalue weighted by Gasteiger charge is 2.36. The van der Waals surface area contributed by atoms with Crippen LogP contribution >= 0.6 is 23.4 Å². The van der Waals surface area contributed by atoms with Gasteiger partial charge in [-0.15, -0.1) is 0 Å². The number of rotatable bonds is 3. The van der Waals surface area contributed by atoms with Crippen molar-refractivity contribution in [2.24, 2.45) is 10.1 Å². The van der Waals surface area contributed by atoms with Crippen LogP contribution in [0.25, 0.3) is 17.4 Å². The number of nitrogens with zero attached hydrogens (tertiary/aromatic N) is 3. The van der Waals surface area contributed by atoms with Crippen LogP contribution in [0.15, 0.2) is 80.7 Å². The Kier molecular flexibility index (Phi) is 4.84. The number of halogens is 1. The monoisotopic (exact) mass is 446 g/mol. The van der Waals surface area contributed by atoms with Crippen molar-refractivity contribution < 1.29 is 9.21 Å². The molecule has 2 aliphatic rings. The van der Waals surface area contributed by atoms with Crippen LogP contribution in [0.3, 0.4) is 0 Å². The van der Waals surface area contributed by atoms with Crippen molar-refractivity contribution in [2.75, 3.05) is 0 Å². The zero-order valence-electron chi connectivity index (χ0n) is 16.3. The molecule has 3 aromatic rings. The topological polar surface area (TPSA) is 82.0 Å². The lowest BCUT2D eigenvalue weighted by atomic mass is 10.1. The number of hydrogen-bond donors (Lipinski definition) is 1. The van der Waals surface area contributed by atoms with E-state index in [0.29, 0.717) is 26.8 Å². The number of carbonyl (C=O) groups excluding carboxylic acids is 1. The third-order valence-corrected chi connectivity index (χ3v) is 6.15. The van der Waals surface area contributed by atoms with Crippen molar-refractivity contribution in [3.8, 4) is 11.3 Å². The first-order chi connectivity index (χ1) is 15.0. The van der Waals surface area contributed by atoms with Gasteiger partial charge in [0.2, 0.25) is 5.17 Å². The van der Waals surface area contributed by atoms with Crippen molar-refractivity contribution in [3.63, 3.8) is 0 Å². The molecule has 2 aliphatic heterocycles. The molecule has 5 rings (SSSR count). The number of thioether (sulfide) groups is 1. The van der Waals surface area contributed by atoms with Gasteiger partial charge in [0.1, 0.15) is 16.6 Å². The van der Waals surface area contributed by atoms with E-state index in [9.17, 15) is 4.79 Å². The molecule has 1 aromatic heterocycles. The fraction of sp³-hybridized carbons (Fsp3) is 0.0435. The highest BCUT2D eigenvalue weighted by molar-refractivity contribution is 8.27. The van der Waals surface area contributed by atoms with Crippen LogP contribution in [-0.4, -0.2) is 27.0 Å². The van der Waals surface area contributed by atoms with Gasteiger partial charge in [-0.1, -0.05) is 48.0 Å². The molecule has 1 amide bonds. The number of hydrogen-bond acceptors (Lipinski definition) is 5. The quantitative estimate of drug-likeness (QED) is 0.533. The Morgan fingerprint density at radius 3 is 2.58 bits per heavy atom. The second kappa shape index (κ2) is 7.68. The lowest BCUT2D eigenvalue weighted by molar-refractivity contribution is -0.114. The number of amidine groups is 2. The standard InChI is InChI=1S/C23H15ClN4O2S/c1-13-6-2-3-7-15(13)22-27-28-20(25)17(21(29)26-23(28)31-22)12-14-10-11-19(30-14)16-8-4-5-9-18(16)24/h2-12,25H,1H3/b17-12-,25-20?. The number of fused-ring (bicyclic) bond motifs is 1. The Bertz CT molecular complexity index is 1340. The minimum Gasteiger partial charge on any atom is -0.457 e. The molecule has 8 heteroatoms. The summed E-state index contributed by atoms with van der Waals surface area (Å²) >= 11 is 7.52. The van der Waals surface area contributed by atoms with E-state index in [1.165, 1.54) is 22.8 Å². The summed E-state index contributed by atoms with van der Waals surface area (Å²) in [4.78, 5) is 16.8. The molecule has 0 unspecified atom stereocenters. The van der Waals surface area contributed by atoms with Gasteiger partial charge in [0, 0.05) is 11.1 Å². The number of nitrogens with one attached hydrogen (secondary N) is 1. The van der Waals surface area contributed by atoms with Gasteiger partial charge in [-0.05, 0) is 54.6 Å². The maximum absolute atomic E-state index is 12.6. The Hall–Kier alpha value is -3.42. The molecule has 0 atom stereocenters. The normalized spacial score (nSPS) is 17.1. The Balaban J connectivity index is 1.47. The van der Waals surface area contributed by atoms with Gasteiger partial charge >= 0.3 is 0 Å². The zero-order valence-corrected chi connectivity index (χ0v) is 17.9. The Morgan fingerprint density at radius 2 is 1.81 bits per heavy atom. The molecule has 31 heavy (non-hydrogen) atoms. The minimum absolute atomic E-state index is 0.0400. The molecule has 0 saturated carbocycles. The van der Waals surface area contributed by atoms with E-state index in [0.717, 1.165) is 16.7 Å². The lowest BCUT2D eigenvalue weighted by Gasteiger charge is -2.19. The number of aliphatic imine (C=N–C) groups is 1. The van der Waals surface area contributed by atoms with E-state index in [1.807, 2.05) is 49.4 Å². The predicted octanol–water partition coefficient (Wildman–Crippen LogP) is 5.58. The molecule has 6 nitrogen and oxygen atoms in total. The molecule has 1 N–H and O–H groups in total. The van der Waals surface area contributed by atoms with E-state index in [4.69, 9.17) is 21.4 Å². The number of carbonyl (C=O) groups is 1. The highest BCUT2D eigenvalue weighted by atomic mass is 35.5. The van der Waals surface area contributed by atoms with Gasteiger partial charge in [-0.3, -0.25) is 10.2 Å². The first-order valence-electron chi connectivity index (χ1n) is 9.42. The van der Waals surface area contributed by atoms with Gasteiger partial charge in [0.15, 0.2) is 5.84 Å². The molecule has 152 valence electrons. The van der Waals surface area contributed by atoms with Gasteiger partial charge in [-0.2, -0.15) is 15.1 Å². The zero-order chi connectivity index (χ0) is 21.5. The van der Waals surface area contributed by atoms with Gasteiger partial charge < -0.3 is 4.42 Å². The lowest BCUT2D eigenvalue weighted by Crippen LogP contribution is -2.35. The first kappa shape index (κ1) is 19.5. The molecule has 0 fully saturated rings. The highest BCUT2D eigenvalue weighted by Crippen LogP contribution is 2.33. The first-order valence-corrected chi connectivity index (χ1v) is 10.6. The van der Waals surface area contributed by atoms with Crippen LogP contribution in [0, 0.1) is 12.3 Å². The van der Waals surface area contributed by atoms with Gasteiger partial charge in [-0.25, -0.2) is 0 Å². The second-order valence-corrected chi connectivity index (χ2v) is 8.29. The van der Waals surface area contributed by atoms with Crippen molar-refractivity contribution >= 4 is 51.4 Å². The van der Waals surface area contributed by atoms with Crippen LogP contribution in [0.2, 0.25) is 5.02 Å². The maximum Gasteiger partial charge on any atom is 0.283 e. The second-order valence-electron chi connectivity index (χ2n) is 6.92. The summed E-state index contributed by atoms with van der Waals surface area (Å²) in [7, 11) is 0. The molecule has 3 heterocycles. The largest absolute Gasteiger partial charge is 0.457 e. The summed E-state index contributed by atoms with van der Waals surface area (Å²) < 4.78 is 5.85. The predicted molar refractivity (Wildman–Crippen MR) is 124 cm³/mol. The fourth-order valence-electron chi connectivity index (χ4n) is 3.29. The minimum atomic E-state index is -0.499. The maximum atomic E-state index is 12.6. The molecule has 0 aliphatic carbocycles. The SMILES string of the molecule is Cc1ccccc1C1=NN2C(=N)/C(=C/c3ccc(-c4ccccc4Cl)o3)C(=O)N=C2S1. The summed E-state index contributed by atoms with van der Waals surface area (Å²) in [6.45, 7) is 1.99. The number of furan rings is 1. The molecule has 0 spiro atoms. The summed E-state index contributed by atoms with van der Waals surface area (Å²) in [5.74, 6) is 0.465. The van der Waals surface area contributed by atoms with Crippen LogP contribution in [0.5, 0.6) is 0 Å². The van der Waals surface area contributed by atoms with Crippen molar-refractivity contribution in [1.82, 2.24) is 5.01 Å². The summed E-state index contributed by atoms with van der Waals surface area (Å²) in [6.07, 6.45) is 1.51. The number of benzene rings is 2. The summed E-state index contributed by atoms with van der Waals surface area (Å²) in [6, 6.07) is 18.7. The average molecular weight is 447 g/mol. The Labute approximate surface area is 187 Å². The van der Waals surface area contributed by atoms with E-state index in [2.05, 4.69) is 10.1 Å². The van der Waals surface area contributed by atoms with Crippen LogP contribution < -0.4 is 0 Å². The molecular weight excluding hydrogens is 432 g/mol. The number of amides is 1. The molecule has 0 radical (unpaired) electrons.